The molecule has 0 amide bonds. The summed E-state index contributed by atoms with van der Waals surface area (Å²) in [5, 5.41) is 10.3. The molecule has 0 spiro atoms. The van der Waals surface area contributed by atoms with Crippen molar-refractivity contribution in [3.8, 4) is 0 Å². The predicted molar refractivity (Wildman–Crippen MR) is 49.9 cm³/mol. The van der Waals surface area contributed by atoms with Gasteiger partial charge in [0.1, 0.15) is 0 Å². The smallest absolute Gasteiger partial charge is 0.0681 e. The molecule has 0 aromatic rings. The minimum absolute atomic E-state index is 0.157. The lowest BCUT2D eigenvalue weighted by Gasteiger charge is -2.43. The van der Waals surface area contributed by atoms with Crippen LogP contribution in [0, 0.1) is 16.7 Å². The highest BCUT2D eigenvalue weighted by Crippen LogP contribution is 2.69. The molecule has 1 N–H and O–H groups in total. The average Bonchev–Trinajstić information content (AvgIpc) is 2.18. The Morgan fingerprint density at radius 3 is 1.92 bits per heavy atom. The van der Waals surface area contributed by atoms with Gasteiger partial charge in [0.2, 0.25) is 0 Å². The van der Waals surface area contributed by atoms with Crippen LogP contribution in [0.4, 0.5) is 0 Å². The van der Waals surface area contributed by atoms with Crippen LogP contribution >= 0.6 is 0 Å². The van der Waals surface area contributed by atoms with E-state index in [9.17, 15) is 5.11 Å². The molecular weight excluding hydrogens is 148 g/mol. The van der Waals surface area contributed by atoms with Gasteiger partial charge in [0, 0.05) is 5.41 Å². The first-order valence-corrected chi connectivity index (χ1v) is 5.04. The van der Waals surface area contributed by atoms with Crippen molar-refractivity contribution in [1.82, 2.24) is 0 Å². The van der Waals surface area contributed by atoms with E-state index in [1.165, 1.54) is 12.8 Å². The van der Waals surface area contributed by atoms with E-state index in [1.807, 2.05) is 6.92 Å². The van der Waals surface area contributed by atoms with Crippen molar-refractivity contribution in [2.75, 3.05) is 0 Å². The lowest BCUT2D eigenvalue weighted by molar-refractivity contribution is -0.0745. The van der Waals surface area contributed by atoms with Gasteiger partial charge in [0.05, 0.1) is 5.60 Å². The number of fused-ring (bicyclic) bond motifs is 2. The van der Waals surface area contributed by atoms with E-state index in [0.29, 0.717) is 5.41 Å². The summed E-state index contributed by atoms with van der Waals surface area (Å²) >= 11 is 0. The maximum absolute atomic E-state index is 10.3. The summed E-state index contributed by atoms with van der Waals surface area (Å²) in [7, 11) is 0. The minimum Gasteiger partial charge on any atom is -0.390 e. The zero-order chi connectivity index (χ0) is 9.20. The fourth-order valence-electron chi connectivity index (χ4n) is 3.62. The molecule has 0 aliphatic heterocycles. The third kappa shape index (κ3) is 0.654. The molecule has 0 heterocycles. The second-order valence-electron chi connectivity index (χ2n) is 5.77. The van der Waals surface area contributed by atoms with Crippen LogP contribution in [0.5, 0.6) is 0 Å². The third-order valence-electron chi connectivity index (χ3n) is 5.27. The van der Waals surface area contributed by atoms with Gasteiger partial charge >= 0.3 is 0 Å². The summed E-state index contributed by atoms with van der Waals surface area (Å²) in [6.45, 7) is 8.94. The molecule has 1 nitrogen and oxygen atoms in total. The average molecular weight is 168 g/mol. The van der Waals surface area contributed by atoms with E-state index >= 15 is 0 Å². The van der Waals surface area contributed by atoms with Crippen molar-refractivity contribution in [2.45, 2.75) is 52.6 Å². The number of aliphatic hydroxyl groups is 1. The van der Waals surface area contributed by atoms with Crippen LogP contribution in [-0.4, -0.2) is 10.7 Å². The molecule has 0 radical (unpaired) electrons. The van der Waals surface area contributed by atoms with Crippen LogP contribution < -0.4 is 0 Å². The second kappa shape index (κ2) is 1.89. The van der Waals surface area contributed by atoms with Crippen molar-refractivity contribution in [3.63, 3.8) is 0 Å². The van der Waals surface area contributed by atoms with Crippen LogP contribution in [0.3, 0.4) is 0 Å². The summed E-state index contributed by atoms with van der Waals surface area (Å²) in [5.74, 6) is 0.748. The Hall–Kier alpha value is -0.0400. The highest BCUT2D eigenvalue weighted by molar-refractivity contribution is 5.16. The highest BCUT2D eigenvalue weighted by Gasteiger charge is 2.66. The van der Waals surface area contributed by atoms with Gasteiger partial charge in [-0.15, -0.1) is 0 Å². The Labute approximate surface area is 75.2 Å². The van der Waals surface area contributed by atoms with E-state index in [2.05, 4.69) is 20.8 Å². The molecule has 2 aliphatic rings. The molecule has 2 rings (SSSR count). The number of hydrogen-bond donors (Lipinski definition) is 1. The van der Waals surface area contributed by atoms with Crippen molar-refractivity contribution < 1.29 is 5.11 Å². The summed E-state index contributed by atoms with van der Waals surface area (Å²) in [6, 6.07) is 0. The van der Waals surface area contributed by atoms with Crippen LogP contribution in [0.25, 0.3) is 0 Å². The molecule has 0 unspecified atom stereocenters. The molecule has 2 saturated carbocycles. The molecule has 2 bridgehead atoms. The number of hydrogen-bond acceptors (Lipinski definition) is 1. The Morgan fingerprint density at radius 2 is 1.75 bits per heavy atom. The summed E-state index contributed by atoms with van der Waals surface area (Å²) in [4.78, 5) is 0. The van der Waals surface area contributed by atoms with Crippen LogP contribution in [-0.2, 0) is 0 Å². The molecule has 0 aromatic heterocycles. The molecule has 70 valence electrons. The van der Waals surface area contributed by atoms with E-state index in [-0.39, 0.29) is 5.41 Å². The van der Waals surface area contributed by atoms with Crippen LogP contribution in [0.2, 0.25) is 0 Å². The summed E-state index contributed by atoms with van der Waals surface area (Å²) in [5.41, 5.74) is 0.0839. The van der Waals surface area contributed by atoms with Crippen LogP contribution in [0.1, 0.15) is 47.0 Å². The Kier molecular flexibility index (Phi) is 1.35. The topological polar surface area (TPSA) is 20.2 Å². The van der Waals surface area contributed by atoms with E-state index < -0.39 is 5.60 Å². The van der Waals surface area contributed by atoms with Gasteiger partial charge in [-0.1, -0.05) is 20.8 Å². The van der Waals surface area contributed by atoms with E-state index in [0.717, 1.165) is 12.3 Å². The van der Waals surface area contributed by atoms with Gasteiger partial charge in [-0.25, -0.2) is 0 Å². The zero-order valence-electron chi connectivity index (χ0n) is 8.65. The fraction of sp³-hybridized carbons (Fsp3) is 1.00. The van der Waals surface area contributed by atoms with Crippen molar-refractivity contribution in [1.29, 1.82) is 0 Å². The first kappa shape index (κ1) is 8.55. The maximum atomic E-state index is 10.3. The first-order valence-electron chi connectivity index (χ1n) is 5.04. The van der Waals surface area contributed by atoms with Crippen molar-refractivity contribution in [2.24, 2.45) is 16.7 Å². The van der Waals surface area contributed by atoms with Gasteiger partial charge in [0.15, 0.2) is 0 Å². The molecular formula is C11H20O. The normalized spacial score (nSPS) is 56.2. The van der Waals surface area contributed by atoms with Gasteiger partial charge in [0.25, 0.3) is 0 Å². The summed E-state index contributed by atoms with van der Waals surface area (Å²) < 4.78 is 0. The predicted octanol–water partition coefficient (Wildman–Crippen LogP) is 2.58. The molecule has 3 atom stereocenters. The van der Waals surface area contributed by atoms with E-state index in [1.54, 1.807) is 0 Å². The zero-order valence-corrected chi connectivity index (χ0v) is 8.65. The molecule has 2 fully saturated rings. The van der Waals surface area contributed by atoms with Crippen LogP contribution in [0.15, 0.2) is 0 Å². The lowest BCUT2D eigenvalue weighted by atomic mass is 9.65. The monoisotopic (exact) mass is 168 g/mol. The molecule has 0 aromatic carbocycles. The second-order valence-corrected chi connectivity index (χ2v) is 5.77. The van der Waals surface area contributed by atoms with Gasteiger partial charge in [-0.2, -0.15) is 0 Å². The Bertz CT molecular complexity index is 217. The molecule has 1 heteroatoms. The van der Waals surface area contributed by atoms with Gasteiger partial charge in [-0.3, -0.25) is 0 Å². The molecule has 0 saturated heterocycles. The molecule has 12 heavy (non-hydrogen) atoms. The Morgan fingerprint density at radius 1 is 1.17 bits per heavy atom. The quantitative estimate of drug-likeness (QED) is 0.589. The standard InChI is InChI=1S/C11H20O/c1-9(2)8-5-6-10(9,3)11(4,12)7-8/h8,12H,5-7H2,1-4H3/t8-,10-,11-/m1/s1. The highest BCUT2D eigenvalue weighted by atomic mass is 16.3. The van der Waals surface area contributed by atoms with E-state index in [4.69, 9.17) is 0 Å². The third-order valence-corrected chi connectivity index (χ3v) is 5.27. The maximum Gasteiger partial charge on any atom is 0.0681 e. The largest absolute Gasteiger partial charge is 0.390 e. The van der Waals surface area contributed by atoms with Gasteiger partial charge < -0.3 is 5.11 Å². The van der Waals surface area contributed by atoms with Crippen molar-refractivity contribution in [3.05, 3.63) is 0 Å². The summed E-state index contributed by atoms with van der Waals surface area (Å²) in [6.07, 6.45) is 3.54. The SMILES string of the molecule is CC1(C)[C@@H]2CC[C@@]1(C)[C@](C)(O)C2. The first-order chi connectivity index (χ1) is 5.31. The Balaban J connectivity index is 2.47. The molecule has 2 aliphatic carbocycles. The fourth-order valence-corrected chi connectivity index (χ4v) is 3.62. The van der Waals surface area contributed by atoms with Gasteiger partial charge in [-0.05, 0) is 37.5 Å². The van der Waals surface area contributed by atoms with Crippen molar-refractivity contribution >= 4 is 0 Å². The number of rotatable bonds is 0. The minimum atomic E-state index is -0.417. The lowest BCUT2D eigenvalue weighted by Crippen LogP contribution is -2.44.